The van der Waals surface area contributed by atoms with E-state index in [-0.39, 0.29) is 6.42 Å². The number of unbranched alkanes of at least 4 members (excludes halogenated alkanes) is 6. The predicted octanol–water partition coefficient (Wildman–Crippen LogP) is 7.24. The van der Waals surface area contributed by atoms with Gasteiger partial charge in [0.15, 0.2) is 0 Å². The third-order valence-corrected chi connectivity index (χ3v) is 4.67. The maximum Gasteiger partial charge on any atom is 0.389 e. The first-order chi connectivity index (χ1) is 11.0. The number of aryl methyl sites for hydroxylation is 2. The number of hydrogen-bond donors (Lipinski definition) is 0. The Balaban J connectivity index is 2.07. The minimum absolute atomic E-state index is 0.282. The minimum Gasteiger partial charge on any atom is -0.171 e. The van der Waals surface area contributed by atoms with Crippen LogP contribution in [0.4, 0.5) is 13.2 Å². The Bertz CT molecular complexity index is 415. The first-order valence-corrected chi connectivity index (χ1v) is 9.84. The topological polar surface area (TPSA) is 0 Å². The van der Waals surface area contributed by atoms with Crippen LogP contribution in [-0.2, 0) is 12.8 Å². The number of halogens is 4. The van der Waals surface area contributed by atoms with Crippen molar-refractivity contribution in [3.05, 3.63) is 35.4 Å². The molecule has 0 amide bonds. The van der Waals surface area contributed by atoms with Crippen LogP contribution in [0.1, 0.15) is 68.9 Å². The SMILES string of the molecule is FC(F)(F)CCCCCCCCCc1ccccc1CCCBr. The van der Waals surface area contributed by atoms with Crippen LogP contribution in [0, 0.1) is 0 Å². The Labute approximate surface area is 147 Å². The molecule has 1 aromatic rings. The average Bonchev–Trinajstić information content (AvgIpc) is 2.51. The van der Waals surface area contributed by atoms with E-state index in [1.165, 1.54) is 24.0 Å². The van der Waals surface area contributed by atoms with Gasteiger partial charge in [0.2, 0.25) is 0 Å². The average molecular weight is 393 g/mol. The van der Waals surface area contributed by atoms with Crippen LogP contribution in [-0.4, -0.2) is 11.5 Å². The Morgan fingerprint density at radius 3 is 1.70 bits per heavy atom. The third-order valence-electron chi connectivity index (χ3n) is 4.10. The Morgan fingerprint density at radius 2 is 1.17 bits per heavy atom. The summed E-state index contributed by atoms with van der Waals surface area (Å²) in [6.07, 6.45) is 5.25. The molecule has 132 valence electrons. The zero-order valence-corrected chi connectivity index (χ0v) is 15.4. The van der Waals surface area contributed by atoms with E-state index in [2.05, 4.69) is 40.2 Å². The molecular formula is C19H28BrF3. The van der Waals surface area contributed by atoms with Crippen molar-refractivity contribution >= 4 is 15.9 Å². The fourth-order valence-corrected chi connectivity index (χ4v) is 3.11. The number of benzene rings is 1. The van der Waals surface area contributed by atoms with E-state index < -0.39 is 12.6 Å². The van der Waals surface area contributed by atoms with Crippen molar-refractivity contribution in [3.8, 4) is 0 Å². The summed E-state index contributed by atoms with van der Waals surface area (Å²) >= 11 is 3.48. The van der Waals surface area contributed by atoms with Gasteiger partial charge in [-0.05, 0) is 43.2 Å². The number of rotatable bonds is 12. The Morgan fingerprint density at radius 1 is 0.696 bits per heavy atom. The zero-order chi connectivity index (χ0) is 17.0. The normalized spacial score (nSPS) is 11.8. The van der Waals surface area contributed by atoms with E-state index in [0.717, 1.165) is 43.9 Å². The van der Waals surface area contributed by atoms with Crippen molar-refractivity contribution in [1.82, 2.24) is 0 Å². The van der Waals surface area contributed by atoms with Crippen LogP contribution in [0.3, 0.4) is 0 Å². The monoisotopic (exact) mass is 392 g/mol. The molecule has 0 unspecified atom stereocenters. The lowest BCUT2D eigenvalue weighted by molar-refractivity contribution is -0.135. The minimum atomic E-state index is -3.98. The summed E-state index contributed by atoms with van der Waals surface area (Å²) in [4.78, 5) is 0. The highest BCUT2D eigenvalue weighted by Crippen LogP contribution is 2.23. The summed E-state index contributed by atoms with van der Waals surface area (Å²) in [6, 6.07) is 8.65. The predicted molar refractivity (Wildman–Crippen MR) is 95.3 cm³/mol. The molecule has 23 heavy (non-hydrogen) atoms. The molecule has 0 radical (unpaired) electrons. The van der Waals surface area contributed by atoms with Crippen molar-refractivity contribution in [2.75, 3.05) is 5.33 Å². The van der Waals surface area contributed by atoms with Gasteiger partial charge in [-0.2, -0.15) is 13.2 Å². The molecular weight excluding hydrogens is 365 g/mol. The van der Waals surface area contributed by atoms with E-state index in [1.807, 2.05) is 0 Å². The van der Waals surface area contributed by atoms with Crippen LogP contribution in [0.2, 0.25) is 0 Å². The molecule has 0 aromatic heterocycles. The Hall–Kier alpha value is -0.510. The Kier molecular flexibility index (Phi) is 10.7. The van der Waals surface area contributed by atoms with Crippen molar-refractivity contribution in [2.24, 2.45) is 0 Å². The molecule has 0 aliphatic carbocycles. The molecule has 0 saturated heterocycles. The molecule has 1 rings (SSSR count). The quantitative estimate of drug-likeness (QED) is 0.259. The molecule has 0 atom stereocenters. The van der Waals surface area contributed by atoms with Crippen LogP contribution >= 0.6 is 15.9 Å². The molecule has 0 aliphatic heterocycles. The summed E-state index contributed by atoms with van der Waals surface area (Å²) in [5.74, 6) is 0. The first kappa shape index (κ1) is 20.5. The molecule has 4 heteroatoms. The molecule has 0 heterocycles. The van der Waals surface area contributed by atoms with Crippen LogP contribution < -0.4 is 0 Å². The van der Waals surface area contributed by atoms with Gasteiger partial charge >= 0.3 is 6.18 Å². The second-order valence-electron chi connectivity index (χ2n) is 6.15. The zero-order valence-electron chi connectivity index (χ0n) is 13.8. The fraction of sp³-hybridized carbons (Fsp3) is 0.684. The van der Waals surface area contributed by atoms with E-state index in [9.17, 15) is 13.2 Å². The molecule has 0 N–H and O–H groups in total. The highest BCUT2D eigenvalue weighted by Gasteiger charge is 2.25. The molecule has 1 aromatic carbocycles. The van der Waals surface area contributed by atoms with E-state index >= 15 is 0 Å². The summed E-state index contributed by atoms with van der Waals surface area (Å²) in [7, 11) is 0. The smallest absolute Gasteiger partial charge is 0.171 e. The molecule has 0 saturated carbocycles. The highest BCUT2D eigenvalue weighted by molar-refractivity contribution is 9.09. The summed E-state index contributed by atoms with van der Waals surface area (Å²) < 4.78 is 36.0. The van der Waals surface area contributed by atoms with Crippen LogP contribution in [0.5, 0.6) is 0 Å². The lowest BCUT2D eigenvalue weighted by Crippen LogP contribution is -2.06. The second-order valence-corrected chi connectivity index (χ2v) is 6.94. The van der Waals surface area contributed by atoms with Crippen molar-refractivity contribution in [2.45, 2.75) is 76.8 Å². The van der Waals surface area contributed by atoms with Gasteiger partial charge in [-0.3, -0.25) is 0 Å². The van der Waals surface area contributed by atoms with Gasteiger partial charge in [0, 0.05) is 11.8 Å². The van der Waals surface area contributed by atoms with Gasteiger partial charge < -0.3 is 0 Å². The maximum absolute atomic E-state index is 12.0. The van der Waals surface area contributed by atoms with Crippen molar-refractivity contribution in [3.63, 3.8) is 0 Å². The molecule has 0 nitrogen and oxygen atoms in total. The van der Waals surface area contributed by atoms with Gasteiger partial charge in [0.25, 0.3) is 0 Å². The van der Waals surface area contributed by atoms with Crippen molar-refractivity contribution in [1.29, 1.82) is 0 Å². The summed E-state index contributed by atoms with van der Waals surface area (Å²) in [5, 5.41) is 1.04. The van der Waals surface area contributed by atoms with Gasteiger partial charge in [-0.15, -0.1) is 0 Å². The summed E-state index contributed by atoms with van der Waals surface area (Å²) in [5.41, 5.74) is 2.91. The molecule has 0 spiro atoms. The number of hydrogen-bond acceptors (Lipinski definition) is 0. The largest absolute Gasteiger partial charge is 0.389 e. The first-order valence-electron chi connectivity index (χ1n) is 8.72. The molecule has 0 fully saturated rings. The lowest BCUT2D eigenvalue weighted by atomic mass is 9.98. The fourth-order valence-electron chi connectivity index (χ4n) is 2.83. The van der Waals surface area contributed by atoms with E-state index in [1.54, 1.807) is 0 Å². The van der Waals surface area contributed by atoms with Crippen LogP contribution in [0.15, 0.2) is 24.3 Å². The van der Waals surface area contributed by atoms with Gasteiger partial charge in [0.05, 0.1) is 0 Å². The lowest BCUT2D eigenvalue weighted by Gasteiger charge is -2.09. The van der Waals surface area contributed by atoms with Gasteiger partial charge in [0.1, 0.15) is 0 Å². The maximum atomic E-state index is 12.0. The standard InChI is InChI=1S/C19H28BrF3/c20-16-10-14-18-13-8-7-12-17(18)11-6-4-2-1-3-5-9-15-19(21,22)23/h7-8,12-13H,1-6,9-11,14-16H2. The highest BCUT2D eigenvalue weighted by atomic mass is 79.9. The number of alkyl halides is 4. The van der Waals surface area contributed by atoms with E-state index in [4.69, 9.17) is 0 Å². The molecule has 0 aliphatic rings. The third kappa shape index (κ3) is 10.8. The molecule has 0 bridgehead atoms. The second kappa shape index (κ2) is 11.9. The van der Waals surface area contributed by atoms with Crippen molar-refractivity contribution < 1.29 is 13.2 Å². The van der Waals surface area contributed by atoms with Gasteiger partial charge in [-0.25, -0.2) is 0 Å². The van der Waals surface area contributed by atoms with Crippen LogP contribution in [0.25, 0.3) is 0 Å². The summed E-state index contributed by atoms with van der Waals surface area (Å²) in [6.45, 7) is 0. The van der Waals surface area contributed by atoms with Gasteiger partial charge in [-0.1, -0.05) is 72.3 Å². The van der Waals surface area contributed by atoms with E-state index in [0.29, 0.717) is 6.42 Å².